The fourth-order valence-electron chi connectivity index (χ4n) is 4.22. The number of fused-ring (bicyclic) bond motifs is 1. The van der Waals surface area contributed by atoms with Crippen LogP contribution in [0.15, 0.2) is 60.7 Å². The summed E-state index contributed by atoms with van der Waals surface area (Å²) in [7, 11) is 1.61. The van der Waals surface area contributed by atoms with Crippen LogP contribution in [0.25, 0.3) is 0 Å². The van der Waals surface area contributed by atoms with Gasteiger partial charge in [0.1, 0.15) is 5.00 Å². The van der Waals surface area contributed by atoms with Crippen molar-refractivity contribution >= 4 is 28.2 Å². The van der Waals surface area contributed by atoms with Gasteiger partial charge in [-0.3, -0.25) is 9.59 Å². The maximum absolute atomic E-state index is 13.6. The van der Waals surface area contributed by atoms with E-state index in [4.69, 9.17) is 4.74 Å². The molecule has 32 heavy (non-hydrogen) atoms. The fraction of sp³-hybridized carbons (Fsp3) is 0.308. The number of carbonyl (C=O) groups excluding carboxylic acids is 2. The van der Waals surface area contributed by atoms with E-state index < -0.39 is 5.92 Å². The van der Waals surface area contributed by atoms with Crippen LogP contribution in [-0.2, 0) is 22.4 Å². The highest BCUT2D eigenvalue weighted by atomic mass is 32.1. The number of nitrogens with one attached hydrogen (secondary N) is 2. The third kappa shape index (κ3) is 4.92. The molecule has 6 heteroatoms. The molecule has 0 unspecified atom stereocenters. The number of carbonyl (C=O) groups is 2. The summed E-state index contributed by atoms with van der Waals surface area (Å²) in [5.41, 5.74) is 3.55. The molecule has 2 amide bonds. The third-order valence-corrected chi connectivity index (χ3v) is 6.96. The Morgan fingerprint density at radius 2 is 1.59 bits per heavy atom. The first kappa shape index (κ1) is 22.2. The Bertz CT molecular complexity index is 1020. The molecule has 4 rings (SSSR count). The van der Waals surface area contributed by atoms with E-state index in [1.165, 1.54) is 4.88 Å². The normalized spacial score (nSPS) is 12.9. The van der Waals surface area contributed by atoms with E-state index in [1.54, 1.807) is 18.4 Å². The van der Waals surface area contributed by atoms with Gasteiger partial charge in [0.15, 0.2) is 0 Å². The van der Waals surface area contributed by atoms with Crippen molar-refractivity contribution in [1.82, 2.24) is 5.32 Å². The summed E-state index contributed by atoms with van der Waals surface area (Å²) in [6.45, 7) is 0.883. The van der Waals surface area contributed by atoms with Gasteiger partial charge in [-0.25, -0.2) is 0 Å². The van der Waals surface area contributed by atoms with Crippen molar-refractivity contribution in [2.45, 2.75) is 31.6 Å². The van der Waals surface area contributed by atoms with E-state index in [1.807, 2.05) is 60.7 Å². The van der Waals surface area contributed by atoms with Crippen LogP contribution in [0.5, 0.6) is 0 Å². The third-order valence-electron chi connectivity index (χ3n) is 5.75. The summed E-state index contributed by atoms with van der Waals surface area (Å²) >= 11 is 1.54. The zero-order valence-corrected chi connectivity index (χ0v) is 19.0. The highest BCUT2D eigenvalue weighted by Gasteiger charge is 2.29. The molecule has 0 saturated heterocycles. The zero-order valence-electron chi connectivity index (χ0n) is 18.2. The molecule has 1 aliphatic carbocycles. The van der Waals surface area contributed by atoms with Crippen molar-refractivity contribution in [2.24, 2.45) is 0 Å². The molecule has 0 fully saturated rings. The molecule has 1 aromatic heterocycles. The number of rotatable bonds is 8. The molecular formula is C26H28N2O3S. The van der Waals surface area contributed by atoms with E-state index in [2.05, 4.69) is 10.6 Å². The first-order valence-electron chi connectivity index (χ1n) is 11.0. The minimum Gasteiger partial charge on any atom is -0.383 e. The maximum Gasteiger partial charge on any atom is 0.254 e. The lowest BCUT2D eigenvalue weighted by Crippen LogP contribution is -2.29. The van der Waals surface area contributed by atoms with Gasteiger partial charge in [0.25, 0.3) is 5.91 Å². The van der Waals surface area contributed by atoms with Gasteiger partial charge in [0, 0.05) is 18.5 Å². The topological polar surface area (TPSA) is 67.4 Å². The molecule has 166 valence electrons. The van der Waals surface area contributed by atoms with Crippen LogP contribution in [0.4, 0.5) is 5.00 Å². The monoisotopic (exact) mass is 448 g/mol. The average Bonchev–Trinajstić information content (AvgIpc) is 3.18. The predicted molar refractivity (Wildman–Crippen MR) is 129 cm³/mol. The van der Waals surface area contributed by atoms with Crippen molar-refractivity contribution in [3.05, 3.63) is 87.8 Å². The van der Waals surface area contributed by atoms with Crippen LogP contribution in [0.3, 0.4) is 0 Å². The lowest BCUT2D eigenvalue weighted by molar-refractivity contribution is -0.116. The molecule has 0 saturated carbocycles. The minimum atomic E-state index is -0.457. The number of ether oxygens (including phenoxy) is 1. The van der Waals surface area contributed by atoms with Crippen molar-refractivity contribution in [3.8, 4) is 0 Å². The maximum atomic E-state index is 13.6. The fourth-order valence-corrected chi connectivity index (χ4v) is 5.51. The second kappa shape index (κ2) is 10.6. The zero-order chi connectivity index (χ0) is 22.3. The number of benzene rings is 2. The minimum absolute atomic E-state index is 0.132. The summed E-state index contributed by atoms with van der Waals surface area (Å²) in [5.74, 6) is -0.736. The van der Waals surface area contributed by atoms with Crippen LogP contribution in [0.1, 0.15) is 50.7 Å². The van der Waals surface area contributed by atoms with Crippen LogP contribution >= 0.6 is 11.3 Å². The number of hydrogen-bond acceptors (Lipinski definition) is 4. The quantitative estimate of drug-likeness (QED) is 0.488. The van der Waals surface area contributed by atoms with Gasteiger partial charge in [-0.05, 0) is 42.4 Å². The molecule has 2 N–H and O–H groups in total. The number of anilines is 1. The van der Waals surface area contributed by atoms with Crippen LogP contribution in [0.2, 0.25) is 0 Å². The Hall–Kier alpha value is -2.96. The molecule has 2 aromatic carbocycles. The first-order valence-corrected chi connectivity index (χ1v) is 11.8. The predicted octanol–water partition coefficient (Wildman–Crippen LogP) is 4.77. The highest BCUT2D eigenvalue weighted by molar-refractivity contribution is 7.17. The van der Waals surface area contributed by atoms with Crippen LogP contribution in [-0.4, -0.2) is 32.1 Å². The molecule has 1 aliphatic rings. The largest absolute Gasteiger partial charge is 0.383 e. The van der Waals surface area contributed by atoms with Crippen molar-refractivity contribution < 1.29 is 14.3 Å². The lowest BCUT2D eigenvalue weighted by atomic mass is 9.90. The highest BCUT2D eigenvalue weighted by Crippen LogP contribution is 2.39. The molecular weight excluding hydrogens is 420 g/mol. The van der Waals surface area contributed by atoms with E-state index in [-0.39, 0.29) is 11.8 Å². The Balaban J connectivity index is 1.66. The SMILES string of the molecule is COCCNC(=O)c1c(NC(=O)C(c2ccccc2)c2ccccc2)sc2c1CCCC2. The molecule has 0 bridgehead atoms. The Morgan fingerprint density at radius 1 is 0.969 bits per heavy atom. The van der Waals surface area contributed by atoms with Crippen molar-refractivity contribution in [3.63, 3.8) is 0 Å². The Labute approximate surface area is 192 Å². The van der Waals surface area contributed by atoms with Gasteiger partial charge in [0.2, 0.25) is 5.91 Å². The molecule has 0 atom stereocenters. The molecule has 1 heterocycles. The van der Waals surface area contributed by atoms with Gasteiger partial charge in [0.05, 0.1) is 18.1 Å². The molecule has 3 aromatic rings. The van der Waals surface area contributed by atoms with E-state index >= 15 is 0 Å². The van der Waals surface area contributed by atoms with Gasteiger partial charge in [-0.15, -0.1) is 11.3 Å². The van der Waals surface area contributed by atoms with E-state index in [0.717, 1.165) is 42.4 Å². The summed E-state index contributed by atoms with van der Waals surface area (Å²) in [6, 6.07) is 19.5. The van der Waals surface area contributed by atoms with Gasteiger partial charge < -0.3 is 15.4 Å². The smallest absolute Gasteiger partial charge is 0.254 e. The standard InChI is InChI=1S/C26H28N2O3S/c1-31-17-16-27-24(29)23-20-14-8-9-15-21(20)32-26(23)28-25(30)22(18-10-4-2-5-11-18)19-12-6-3-7-13-19/h2-7,10-13,22H,8-9,14-17H2,1H3,(H,27,29)(H,28,30). The Kier molecular flexibility index (Phi) is 7.35. The van der Waals surface area contributed by atoms with Gasteiger partial charge in [-0.1, -0.05) is 60.7 Å². The Morgan fingerprint density at radius 3 is 2.22 bits per heavy atom. The number of amides is 2. The van der Waals surface area contributed by atoms with Gasteiger partial charge >= 0.3 is 0 Å². The summed E-state index contributed by atoms with van der Waals surface area (Å²) in [6.07, 6.45) is 4.00. The van der Waals surface area contributed by atoms with Crippen molar-refractivity contribution in [2.75, 3.05) is 25.6 Å². The number of hydrogen-bond donors (Lipinski definition) is 2. The summed E-state index contributed by atoms with van der Waals surface area (Å²) < 4.78 is 5.06. The van der Waals surface area contributed by atoms with E-state index in [9.17, 15) is 9.59 Å². The second-order valence-corrected chi connectivity index (χ2v) is 9.01. The number of methoxy groups -OCH3 is 1. The van der Waals surface area contributed by atoms with Crippen LogP contribution < -0.4 is 10.6 Å². The molecule has 0 radical (unpaired) electrons. The number of aryl methyl sites for hydroxylation is 1. The average molecular weight is 449 g/mol. The second-order valence-electron chi connectivity index (χ2n) is 7.91. The lowest BCUT2D eigenvalue weighted by Gasteiger charge is -2.18. The molecule has 0 spiro atoms. The first-order chi connectivity index (χ1) is 15.7. The molecule has 0 aliphatic heterocycles. The molecule has 5 nitrogen and oxygen atoms in total. The number of thiophene rings is 1. The van der Waals surface area contributed by atoms with Gasteiger partial charge in [-0.2, -0.15) is 0 Å². The van der Waals surface area contributed by atoms with Crippen molar-refractivity contribution in [1.29, 1.82) is 0 Å². The summed E-state index contributed by atoms with van der Waals surface area (Å²) in [4.78, 5) is 27.9. The van der Waals surface area contributed by atoms with Crippen LogP contribution in [0, 0.1) is 0 Å². The van der Waals surface area contributed by atoms with E-state index in [0.29, 0.717) is 23.7 Å². The summed E-state index contributed by atoms with van der Waals surface area (Å²) in [5, 5.41) is 6.70.